The van der Waals surface area contributed by atoms with Crippen LogP contribution in [0.15, 0.2) is 60.7 Å². The molecule has 24 heavy (non-hydrogen) atoms. The summed E-state index contributed by atoms with van der Waals surface area (Å²) in [5.41, 5.74) is 2.00. The van der Waals surface area contributed by atoms with Crippen molar-refractivity contribution in [2.24, 2.45) is 0 Å². The molecule has 0 aromatic heterocycles. The van der Waals surface area contributed by atoms with Crippen LogP contribution in [0.25, 0.3) is 12.2 Å². The van der Waals surface area contributed by atoms with Crippen molar-refractivity contribution >= 4 is 24.1 Å². The summed E-state index contributed by atoms with van der Waals surface area (Å²) >= 11 is 0. The number of benzene rings is 2. The van der Waals surface area contributed by atoms with Gasteiger partial charge >= 0.3 is 11.9 Å². The maximum atomic E-state index is 10.8. The first kappa shape index (κ1) is 17.2. The molecule has 0 spiro atoms. The third kappa shape index (κ3) is 5.93. The smallest absolute Gasteiger partial charge is 0.308 e. The summed E-state index contributed by atoms with van der Waals surface area (Å²) in [7, 11) is 0. The Kier molecular flexibility index (Phi) is 6.08. The minimum absolute atomic E-state index is 0.332. The molecule has 2 aromatic rings. The van der Waals surface area contributed by atoms with Crippen molar-refractivity contribution in [1.29, 1.82) is 0 Å². The highest BCUT2D eigenvalue weighted by Gasteiger charge is 1.97. The van der Waals surface area contributed by atoms with Crippen molar-refractivity contribution in [3.63, 3.8) is 0 Å². The van der Waals surface area contributed by atoms with Crippen LogP contribution < -0.4 is 9.47 Å². The number of carbonyl (C=O) groups excluding carboxylic acids is 2. The first-order valence-corrected chi connectivity index (χ1v) is 7.44. The van der Waals surface area contributed by atoms with Gasteiger partial charge in [0.05, 0.1) is 0 Å². The van der Waals surface area contributed by atoms with Crippen molar-refractivity contribution in [3.05, 3.63) is 71.8 Å². The number of ether oxygens (including phenoxy) is 2. The molecule has 0 saturated heterocycles. The van der Waals surface area contributed by atoms with Gasteiger partial charge in [0.2, 0.25) is 0 Å². The third-order valence-corrected chi connectivity index (χ3v) is 2.97. The lowest BCUT2D eigenvalue weighted by molar-refractivity contribution is -0.132. The molecule has 2 aromatic carbocycles. The normalized spacial score (nSPS) is 10.9. The molecule has 122 valence electrons. The van der Waals surface area contributed by atoms with Gasteiger partial charge in [-0.25, -0.2) is 0 Å². The number of esters is 2. The van der Waals surface area contributed by atoms with E-state index in [-0.39, 0.29) is 11.9 Å². The molecule has 0 aliphatic carbocycles. The predicted molar refractivity (Wildman–Crippen MR) is 93.6 cm³/mol. The second kappa shape index (κ2) is 8.48. The van der Waals surface area contributed by atoms with E-state index in [0.717, 1.165) is 11.1 Å². The lowest BCUT2D eigenvalue weighted by Crippen LogP contribution is -2.00. The van der Waals surface area contributed by atoms with E-state index in [4.69, 9.17) is 9.47 Å². The van der Waals surface area contributed by atoms with Crippen LogP contribution in [-0.2, 0) is 9.59 Å². The molecule has 0 radical (unpaired) electrons. The fraction of sp³-hybridized carbons (Fsp3) is 0.100. The third-order valence-electron chi connectivity index (χ3n) is 2.97. The fourth-order valence-electron chi connectivity index (χ4n) is 1.96. The highest BCUT2D eigenvalue weighted by Crippen LogP contribution is 2.15. The molecular formula is C20H18O4. The molecule has 0 atom stereocenters. The van der Waals surface area contributed by atoms with Crippen LogP contribution in [0.3, 0.4) is 0 Å². The van der Waals surface area contributed by atoms with Crippen molar-refractivity contribution in [1.82, 2.24) is 0 Å². The molecule has 0 unspecified atom stereocenters. The van der Waals surface area contributed by atoms with E-state index in [1.807, 2.05) is 48.6 Å². The van der Waals surface area contributed by atoms with Gasteiger partial charge in [0.15, 0.2) is 0 Å². The first-order valence-electron chi connectivity index (χ1n) is 7.44. The Morgan fingerprint density at radius 1 is 0.667 bits per heavy atom. The van der Waals surface area contributed by atoms with Crippen LogP contribution in [0.2, 0.25) is 0 Å². The molecule has 4 nitrogen and oxygen atoms in total. The molecule has 0 aliphatic rings. The van der Waals surface area contributed by atoms with E-state index in [1.165, 1.54) is 13.8 Å². The number of allylic oxidation sites excluding steroid dienone is 2. The van der Waals surface area contributed by atoms with Gasteiger partial charge in [0, 0.05) is 13.8 Å². The number of carbonyl (C=O) groups is 2. The van der Waals surface area contributed by atoms with E-state index in [0.29, 0.717) is 11.5 Å². The Morgan fingerprint density at radius 2 is 1.00 bits per heavy atom. The Bertz CT molecular complexity index is 686. The molecule has 2 rings (SSSR count). The monoisotopic (exact) mass is 322 g/mol. The maximum Gasteiger partial charge on any atom is 0.308 e. The zero-order valence-corrected chi connectivity index (χ0v) is 13.6. The van der Waals surface area contributed by atoms with Gasteiger partial charge in [0.1, 0.15) is 11.5 Å². The minimum atomic E-state index is -0.332. The van der Waals surface area contributed by atoms with Crippen LogP contribution in [-0.4, -0.2) is 11.9 Å². The van der Waals surface area contributed by atoms with E-state index < -0.39 is 0 Å². The lowest BCUT2D eigenvalue weighted by Gasteiger charge is -2.01. The van der Waals surface area contributed by atoms with Gasteiger partial charge in [-0.2, -0.15) is 0 Å². The summed E-state index contributed by atoms with van der Waals surface area (Å²) in [5.74, 6) is 0.396. The number of hydrogen-bond donors (Lipinski definition) is 0. The second-order valence-electron chi connectivity index (χ2n) is 5.04. The minimum Gasteiger partial charge on any atom is -0.427 e. The summed E-state index contributed by atoms with van der Waals surface area (Å²) in [4.78, 5) is 21.7. The zero-order chi connectivity index (χ0) is 17.4. The van der Waals surface area contributed by atoms with Gasteiger partial charge in [-0.1, -0.05) is 48.6 Å². The molecule has 4 heteroatoms. The molecule has 0 heterocycles. The molecule has 0 N–H and O–H groups in total. The Labute approximate surface area is 141 Å². The van der Waals surface area contributed by atoms with E-state index >= 15 is 0 Å². The van der Waals surface area contributed by atoms with Crippen LogP contribution in [0.5, 0.6) is 11.5 Å². The Hall–Kier alpha value is -3.14. The van der Waals surface area contributed by atoms with Crippen molar-refractivity contribution in [3.8, 4) is 11.5 Å². The van der Waals surface area contributed by atoms with Crippen LogP contribution in [0, 0.1) is 0 Å². The Morgan fingerprint density at radius 3 is 1.29 bits per heavy atom. The van der Waals surface area contributed by atoms with Crippen LogP contribution >= 0.6 is 0 Å². The summed E-state index contributed by atoms with van der Waals surface area (Å²) < 4.78 is 9.96. The fourth-order valence-corrected chi connectivity index (χ4v) is 1.96. The molecule has 0 saturated carbocycles. The van der Waals surface area contributed by atoms with E-state index in [1.54, 1.807) is 24.3 Å². The van der Waals surface area contributed by atoms with Gasteiger partial charge in [0.25, 0.3) is 0 Å². The van der Waals surface area contributed by atoms with Crippen molar-refractivity contribution < 1.29 is 19.1 Å². The van der Waals surface area contributed by atoms with Crippen molar-refractivity contribution in [2.75, 3.05) is 0 Å². The van der Waals surface area contributed by atoms with E-state index in [2.05, 4.69) is 0 Å². The molecule has 0 aliphatic heterocycles. The van der Waals surface area contributed by atoms with Gasteiger partial charge in [-0.15, -0.1) is 0 Å². The highest BCUT2D eigenvalue weighted by molar-refractivity contribution is 5.70. The molecule has 0 amide bonds. The molecular weight excluding hydrogens is 304 g/mol. The van der Waals surface area contributed by atoms with Crippen molar-refractivity contribution in [2.45, 2.75) is 13.8 Å². The summed E-state index contributed by atoms with van der Waals surface area (Å²) in [6.07, 6.45) is 7.73. The summed E-state index contributed by atoms with van der Waals surface area (Å²) in [5, 5.41) is 0. The topological polar surface area (TPSA) is 52.6 Å². The highest BCUT2D eigenvalue weighted by atomic mass is 16.5. The Balaban J connectivity index is 1.91. The molecule has 0 bridgehead atoms. The standard InChI is InChI=1S/C20H18O4/c1-15(21)23-19-11-7-17(8-12-19)5-3-4-6-18-9-13-20(14-10-18)24-16(2)22/h3-14H,1-2H3. The maximum absolute atomic E-state index is 10.8. The lowest BCUT2D eigenvalue weighted by atomic mass is 10.2. The average molecular weight is 322 g/mol. The summed E-state index contributed by atoms with van der Waals surface area (Å²) in [6.45, 7) is 2.74. The van der Waals surface area contributed by atoms with Gasteiger partial charge in [-0.05, 0) is 35.4 Å². The largest absolute Gasteiger partial charge is 0.427 e. The average Bonchev–Trinajstić information content (AvgIpc) is 2.53. The van der Waals surface area contributed by atoms with Crippen LogP contribution in [0.4, 0.5) is 0 Å². The number of rotatable bonds is 5. The first-order chi connectivity index (χ1) is 11.5. The zero-order valence-electron chi connectivity index (χ0n) is 13.6. The SMILES string of the molecule is CC(=O)Oc1ccc(C=CC=Cc2ccc(OC(C)=O)cc2)cc1. The number of hydrogen-bond acceptors (Lipinski definition) is 4. The second-order valence-corrected chi connectivity index (χ2v) is 5.04. The quantitative estimate of drug-likeness (QED) is 0.469. The molecule has 0 fully saturated rings. The van der Waals surface area contributed by atoms with Crippen LogP contribution in [0.1, 0.15) is 25.0 Å². The van der Waals surface area contributed by atoms with Gasteiger partial charge < -0.3 is 9.47 Å². The predicted octanol–water partition coefficient (Wildman–Crippen LogP) is 4.26. The van der Waals surface area contributed by atoms with Gasteiger partial charge in [-0.3, -0.25) is 9.59 Å². The van der Waals surface area contributed by atoms with E-state index in [9.17, 15) is 9.59 Å². The summed E-state index contributed by atoms with van der Waals surface area (Å²) in [6, 6.07) is 14.5.